The number of likely N-dealkylation sites (tertiary alicyclic amines) is 1. The summed E-state index contributed by atoms with van der Waals surface area (Å²) in [7, 11) is 2.08. The number of hydrogen-bond donors (Lipinski definition) is 1. The number of benzene rings is 1. The van der Waals surface area contributed by atoms with E-state index in [-0.39, 0.29) is 24.8 Å². The zero-order valence-electron chi connectivity index (χ0n) is 21.9. The molecule has 0 spiro atoms. The summed E-state index contributed by atoms with van der Waals surface area (Å²) in [5, 5.41) is 3.34. The van der Waals surface area contributed by atoms with Crippen molar-refractivity contribution in [1.82, 2.24) is 19.8 Å². The molecule has 0 bridgehead atoms. The number of anilines is 2. The van der Waals surface area contributed by atoms with Gasteiger partial charge in [0.05, 0.1) is 11.6 Å². The van der Waals surface area contributed by atoms with Crippen LogP contribution in [-0.2, 0) is 22.6 Å². The zero-order chi connectivity index (χ0) is 26.0. The fourth-order valence-corrected chi connectivity index (χ4v) is 4.20. The van der Waals surface area contributed by atoms with Gasteiger partial charge in [-0.2, -0.15) is 4.98 Å². The van der Waals surface area contributed by atoms with Gasteiger partial charge in [-0.05, 0) is 52.8 Å². The van der Waals surface area contributed by atoms with Crippen LogP contribution < -0.4 is 10.2 Å². The van der Waals surface area contributed by atoms with Gasteiger partial charge in [0, 0.05) is 38.4 Å². The van der Waals surface area contributed by atoms with Crippen LogP contribution in [0.3, 0.4) is 0 Å². The first kappa shape index (κ1) is 25.7. The Balaban J connectivity index is 1.30. The minimum absolute atomic E-state index is 0.0190. The molecule has 4 rings (SSSR count). The van der Waals surface area contributed by atoms with Gasteiger partial charge in [0.15, 0.2) is 0 Å². The highest BCUT2D eigenvalue weighted by atomic mass is 16.6. The Morgan fingerprint density at radius 1 is 1.28 bits per heavy atom. The van der Waals surface area contributed by atoms with Crippen molar-refractivity contribution < 1.29 is 19.1 Å². The van der Waals surface area contributed by atoms with Gasteiger partial charge in [0.1, 0.15) is 18.0 Å². The summed E-state index contributed by atoms with van der Waals surface area (Å²) in [4.78, 5) is 38.7. The van der Waals surface area contributed by atoms with E-state index >= 15 is 0 Å². The van der Waals surface area contributed by atoms with E-state index in [1.165, 1.54) is 10.5 Å². The Bertz CT molecular complexity index is 1090. The van der Waals surface area contributed by atoms with Crippen LogP contribution in [0.2, 0.25) is 0 Å². The number of nitrogens with one attached hydrogen (secondary N) is 1. The molecule has 1 atom stereocenters. The maximum atomic E-state index is 12.2. The third kappa shape index (κ3) is 5.87. The van der Waals surface area contributed by atoms with Gasteiger partial charge in [0.25, 0.3) is 0 Å². The Kier molecular flexibility index (Phi) is 7.35. The molecule has 1 fully saturated rings. The normalized spacial score (nSPS) is 16.8. The third-order valence-corrected chi connectivity index (χ3v) is 6.38. The lowest BCUT2D eigenvalue weighted by atomic mass is 10.0. The summed E-state index contributed by atoms with van der Waals surface area (Å²) in [6, 6.07) is 8.74. The largest absolute Gasteiger partial charge is 0.444 e. The number of likely N-dealkylation sites (N-methyl/N-ethyl adjacent to an activating group) is 1. The average Bonchev–Trinajstić information content (AvgIpc) is 2.77. The van der Waals surface area contributed by atoms with Gasteiger partial charge in [-0.3, -0.25) is 9.80 Å². The number of amides is 2. The molecule has 2 aliphatic heterocycles. The van der Waals surface area contributed by atoms with E-state index in [0.29, 0.717) is 37.4 Å². The van der Waals surface area contributed by atoms with Crippen molar-refractivity contribution in [3.8, 4) is 0 Å². The summed E-state index contributed by atoms with van der Waals surface area (Å²) in [5.74, 6) is 1.07. The Hall–Kier alpha value is -3.40. The van der Waals surface area contributed by atoms with Crippen LogP contribution in [0.15, 0.2) is 30.5 Å². The maximum Gasteiger partial charge on any atom is 0.415 e. The number of cyclic esters (lactones) is 1. The molecular formula is C26H36N6O4. The fourth-order valence-electron chi connectivity index (χ4n) is 4.20. The quantitative estimate of drug-likeness (QED) is 0.610. The minimum Gasteiger partial charge on any atom is -0.444 e. The van der Waals surface area contributed by atoms with E-state index in [2.05, 4.69) is 58.4 Å². The molecule has 1 saturated heterocycles. The zero-order valence-corrected chi connectivity index (χ0v) is 21.9. The third-order valence-electron chi connectivity index (χ3n) is 6.38. The number of fused-ring (bicyclic) bond motifs is 1. The molecule has 10 nitrogen and oxygen atoms in total. The second-order valence-electron chi connectivity index (χ2n) is 10.4. The van der Waals surface area contributed by atoms with Crippen molar-refractivity contribution in [1.29, 1.82) is 0 Å². The highest BCUT2D eigenvalue weighted by molar-refractivity contribution is 5.89. The SMILES string of the molecule is CCN1C(=O)OCc2cnc(NC(C)c3ccc(CN(C)C4CN(C(=O)OC(C)(C)C)C4)cc3)nc21. The topological polar surface area (TPSA) is 100 Å². The van der Waals surface area contributed by atoms with Crippen molar-refractivity contribution in [2.75, 3.05) is 36.9 Å². The molecule has 194 valence electrons. The second kappa shape index (κ2) is 10.3. The number of aromatic nitrogens is 2. The van der Waals surface area contributed by atoms with Gasteiger partial charge >= 0.3 is 12.2 Å². The van der Waals surface area contributed by atoms with Crippen LogP contribution in [0, 0.1) is 0 Å². The first-order valence-corrected chi connectivity index (χ1v) is 12.4. The van der Waals surface area contributed by atoms with E-state index in [0.717, 1.165) is 17.7 Å². The smallest absolute Gasteiger partial charge is 0.415 e. The molecular weight excluding hydrogens is 460 g/mol. The van der Waals surface area contributed by atoms with Gasteiger partial charge < -0.3 is 19.7 Å². The Morgan fingerprint density at radius 3 is 2.61 bits per heavy atom. The molecule has 1 aromatic carbocycles. The van der Waals surface area contributed by atoms with Crippen LogP contribution in [0.4, 0.5) is 21.4 Å². The molecule has 0 aliphatic carbocycles. The van der Waals surface area contributed by atoms with Crippen molar-refractivity contribution in [3.63, 3.8) is 0 Å². The summed E-state index contributed by atoms with van der Waals surface area (Å²) in [6.07, 6.45) is 1.07. The lowest BCUT2D eigenvalue weighted by Crippen LogP contribution is -2.60. The lowest BCUT2D eigenvalue weighted by Gasteiger charge is -2.44. The number of nitrogens with zero attached hydrogens (tertiary/aromatic N) is 5. The number of rotatable bonds is 7. The van der Waals surface area contributed by atoms with Crippen LogP contribution in [-0.4, -0.2) is 70.3 Å². The highest BCUT2D eigenvalue weighted by Crippen LogP contribution is 2.27. The minimum atomic E-state index is -0.474. The highest BCUT2D eigenvalue weighted by Gasteiger charge is 2.35. The van der Waals surface area contributed by atoms with E-state index in [9.17, 15) is 9.59 Å². The predicted octanol–water partition coefficient (Wildman–Crippen LogP) is 4.18. The predicted molar refractivity (Wildman–Crippen MR) is 137 cm³/mol. The van der Waals surface area contributed by atoms with Gasteiger partial charge in [-0.1, -0.05) is 24.3 Å². The van der Waals surface area contributed by atoms with Crippen molar-refractivity contribution >= 4 is 24.0 Å². The number of carbonyl (C=O) groups is 2. The number of hydrogen-bond acceptors (Lipinski definition) is 8. The van der Waals surface area contributed by atoms with Crippen molar-refractivity contribution in [2.24, 2.45) is 0 Å². The Labute approximate surface area is 212 Å². The van der Waals surface area contributed by atoms with Gasteiger partial charge in [-0.15, -0.1) is 0 Å². The summed E-state index contributed by atoms with van der Waals surface area (Å²) in [6.45, 7) is 12.4. The molecule has 36 heavy (non-hydrogen) atoms. The Morgan fingerprint density at radius 2 is 1.97 bits per heavy atom. The monoisotopic (exact) mass is 496 g/mol. The molecule has 2 aromatic rings. The van der Waals surface area contributed by atoms with E-state index < -0.39 is 5.60 Å². The molecule has 3 heterocycles. The van der Waals surface area contributed by atoms with E-state index in [4.69, 9.17) is 9.47 Å². The standard InChI is InChI=1S/C26H36N6O4/c1-7-32-22-20(16-35-25(32)34)12-27-23(29-22)28-17(2)19-10-8-18(9-11-19)13-30(6)21-14-31(15-21)24(33)36-26(3,4)5/h8-12,17,21H,7,13-16H2,1-6H3,(H,27,28,29). The van der Waals surface area contributed by atoms with Crippen LogP contribution in [0.1, 0.15) is 57.4 Å². The van der Waals surface area contributed by atoms with Crippen LogP contribution >= 0.6 is 0 Å². The molecule has 1 aromatic heterocycles. The fraction of sp³-hybridized carbons (Fsp3) is 0.538. The second-order valence-corrected chi connectivity index (χ2v) is 10.4. The molecule has 0 saturated carbocycles. The molecule has 1 N–H and O–H groups in total. The van der Waals surface area contributed by atoms with Crippen molar-refractivity contribution in [3.05, 3.63) is 47.2 Å². The average molecular weight is 497 g/mol. The summed E-state index contributed by atoms with van der Waals surface area (Å²) in [5.41, 5.74) is 2.63. The van der Waals surface area contributed by atoms with Crippen LogP contribution in [0.25, 0.3) is 0 Å². The molecule has 2 aliphatic rings. The maximum absolute atomic E-state index is 12.2. The van der Waals surface area contributed by atoms with Gasteiger partial charge in [0.2, 0.25) is 5.95 Å². The first-order chi connectivity index (χ1) is 17.0. The lowest BCUT2D eigenvalue weighted by molar-refractivity contribution is -0.0120. The van der Waals surface area contributed by atoms with E-state index in [1.807, 2.05) is 27.7 Å². The van der Waals surface area contributed by atoms with Gasteiger partial charge in [-0.25, -0.2) is 14.6 Å². The molecule has 10 heteroatoms. The number of ether oxygens (including phenoxy) is 2. The molecule has 1 unspecified atom stereocenters. The first-order valence-electron chi connectivity index (χ1n) is 12.4. The van der Waals surface area contributed by atoms with E-state index in [1.54, 1.807) is 11.1 Å². The molecule has 2 amide bonds. The summed E-state index contributed by atoms with van der Waals surface area (Å²) >= 11 is 0. The number of carbonyl (C=O) groups excluding carboxylic acids is 2. The van der Waals surface area contributed by atoms with Crippen molar-refractivity contribution in [2.45, 2.75) is 65.5 Å². The summed E-state index contributed by atoms with van der Waals surface area (Å²) < 4.78 is 10.6. The van der Waals surface area contributed by atoms with Crippen LogP contribution in [0.5, 0.6) is 0 Å². The molecule has 0 radical (unpaired) electrons.